The van der Waals surface area contributed by atoms with Crippen molar-refractivity contribution in [2.24, 2.45) is 5.92 Å². The molecule has 1 aliphatic rings. The molecule has 1 saturated carbocycles. The van der Waals surface area contributed by atoms with Gasteiger partial charge in [0.25, 0.3) is 0 Å². The van der Waals surface area contributed by atoms with E-state index in [-0.39, 0.29) is 0 Å². The van der Waals surface area contributed by atoms with Crippen molar-refractivity contribution in [3.63, 3.8) is 0 Å². The number of hydrogen-bond acceptors (Lipinski definition) is 3. The molecule has 16 heavy (non-hydrogen) atoms. The van der Waals surface area contributed by atoms with Crippen molar-refractivity contribution in [1.82, 2.24) is 14.9 Å². The largest absolute Gasteiger partial charge is 0.396 e. The van der Waals surface area contributed by atoms with Crippen LogP contribution < -0.4 is 5.32 Å². The van der Waals surface area contributed by atoms with Gasteiger partial charge in [0.05, 0.1) is 0 Å². The van der Waals surface area contributed by atoms with Gasteiger partial charge < -0.3 is 15.0 Å². The number of aryl methyl sites for hydroxylation is 1. The Morgan fingerprint density at radius 3 is 3.12 bits per heavy atom. The highest BCUT2D eigenvalue weighted by Crippen LogP contribution is 2.24. The fraction of sp³-hybridized carbons (Fsp3) is 0.750. The van der Waals surface area contributed by atoms with E-state index in [1.165, 1.54) is 12.8 Å². The predicted molar refractivity (Wildman–Crippen MR) is 63.2 cm³/mol. The van der Waals surface area contributed by atoms with Crippen molar-refractivity contribution in [3.8, 4) is 0 Å². The van der Waals surface area contributed by atoms with Gasteiger partial charge >= 0.3 is 0 Å². The van der Waals surface area contributed by atoms with Gasteiger partial charge in [0, 0.05) is 38.1 Å². The van der Waals surface area contributed by atoms with E-state index in [4.69, 9.17) is 0 Å². The summed E-state index contributed by atoms with van der Waals surface area (Å²) in [6, 6.07) is 0.508. The molecule has 0 saturated heterocycles. The Hall–Kier alpha value is -0.870. The highest BCUT2D eigenvalue weighted by atomic mass is 16.3. The molecule has 1 aromatic rings. The summed E-state index contributed by atoms with van der Waals surface area (Å²) in [5.74, 6) is 1.52. The fourth-order valence-corrected chi connectivity index (χ4v) is 2.53. The minimum Gasteiger partial charge on any atom is -0.396 e. The molecular formula is C12H21N3O. The summed E-state index contributed by atoms with van der Waals surface area (Å²) in [5.41, 5.74) is 0. The molecule has 0 aromatic carbocycles. The first-order valence-electron chi connectivity index (χ1n) is 6.13. The zero-order valence-electron chi connectivity index (χ0n) is 9.89. The minimum absolute atomic E-state index is 0.321. The molecule has 0 amide bonds. The fourth-order valence-electron chi connectivity index (χ4n) is 2.53. The van der Waals surface area contributed by atoms with E-state index in [9.17, 15) is 5.11 Å². The summed E-state index contributed by atoms with van der Waals surface area (Å²) in [5, 5.41) is 12.7. The number of hydrogen-bond donors (Lipinski definition) is 2. The third-order valence-corrected chi connectivity index (χ3v) is 3.58. The summed E-state index contributed by atoms with van der Waals surface area (Å²) in [6.07, 6.45) is 7.45. The molecule has 1 heterocycles. The van der Waals surface area contributed by atoms with Crippen molar-refractivity contribution in [1.29, 1.82) is 0 Å². The maximum Gasteiger partial charge on any atom is 0.105 e. The SMILES string of the molecule is Cc1nccn1CCNC1CCCC1CO. The summed E-state index contributed by atoms with van der Waals surface area (Å²) in [6.45, 7) is 4.26. The van der Waals surface area contributed by atoms with Gasteiger partial charge in [0.1, 0.15) is 5.82 Å². The molecule has 0 aliphatic heterocycles. The van der Waals surface area contributed by atoms with E-state index >= 15 is 0 Å². The zero-order chi connectivity index (χ0) is 11.4. The Morgan fingerprint density at radius 1 is 1.56 bits per heavy atom. The number of imidazole rings is 1. The van der Waals surface area contributed by atoms with Crippen LogP contribution in [0, 0.1) is 12.8 Å². The lowest BCUT2D eigenvalue weighted by Crippen LogP contribution is -2.36. The minimum atomic E-state index is 0.321. The standard InChI is InChI=1S/C12H21N3O/c1-10-13-5-7-15(10)8-6-14-12-4-2-3-11(12)9-16/h5,7,11-12,14,16H,2-4,6,8-9H2,1H3. The van der Waals surface area contributed by atoms with E-state index in [2.05, 4.69) is 14.9 Å². The van der Waals surface area contributed by atoms with Crippen LogP contribution in [0.15, 0.2) is 12.4 Å². The Labute approximate surface area is 96.7 Å². The van der Waals surface area contributed by atoms with Crippen molar-refractivity contribution in [2.45, 2.75) is 38.8 Å². The van der Waals surface area contributed by atoms with Gasteiger partial charge in [-0.15, -0.1) is 0 Å². The average molecular weight is 223 g/mol. The van der Waals surface area contributed by atoms with Crippen LogP contribution in [0.2, 0.25) is 0 Å². The second-order valence-corrected chi connectivity index (χ2v) is 4.60. The van der Waals surface area contributed by atoms with Crippen molar-refractivity contribution in [2.75, 3.05) is 13.2 Å². The topological polar surface area (TPSA) is 50.1 Å². The van der Waals surface area contributed by atoms with Gasteiger partial charge in [-0.1, -0.05) is 6.42 Å². The second-order valence-electron chi connectivity index (χ2n) is 4.60. The number of rotatable bonds is 5. The molecular weight excluding hydrogens is 202 g/mol. The first kappa shape index (κ1) is 11.6. The van der Waals surface area contributed by atoms with E-state index in [1.807, 2.05) is 19.3 Å². The zero-order valence-corrected chi connectivity index (χ0v) is 9.89. The Balaban J connectivity index is 1.74. The van der Waals surface area contributed by atoms with E-state index in [1.54, 1.807) is 0 Å². The van der Waals surface area contributed by atoms with E-state index in [0.29, 0.717) is 18.6 Å². The molecule has 90 valence electrons. The third-order valence-electron chi connectivity index (χ3n) is 3.58. The number of nitrogens with zero attached hydrogens (tertiary/aromatic N) is 2. The van der Waals surface area contributed by atoms with Gasteiger partial charge in [0.15, 0.2) is 0 Å². The Morgan fingerprint density at radius 2 is 2.44 bits per heavy atom. The Kier molecular flexibility index (Phi) is 3.96. The van der Waals surface area contributed by atoms with Gasteiger partial charge in [-0.25, -0.2) is 4.98 Å². The third kappa shape index (κ3) is 2.62. The highest BCUT2D eigenvalue weighted by molar-refractivity contribution is 4.89. The van der Waals surface area contributed by atoms with Gasteiger partial charge in [-0.2, -0.15) is 0 Å². The summed E-state index contributed by atoms with van der Waals surface area (Å²) in [4.78, 5) is 4.19. The van der Waals surface area contributed by atoms with Crippen molar-refractivity contribution in [3.05, 3.63) is 18.2 Å². The van der Waals surface area contributed by atoms with Gasteiger partial charge in [0.2, 0.25) is 0 Å². The molecule has 1 fully saturated rings. The maximum atomic E-state index is 9.21. The van der Waals surface area contributed by atoms with Crippen molar-refractivity contribution >= 4 is 0 Å². The normalized spacial score (nSPS) is 25.1. The summed E-state index contributed by atoms with van der Waals surface area (Å²) in [7, 11) is 0. The van der Waals surface area contributed by atoms with Gasteiger partial charge in [-0.05, 0) is 25.7 Å². The van der Waals surface area contributed by atoms with Crippen LogP contribution in [0.25, 0.3) is 0 Å². The lowest BCUT2D eigenvalue weighted by atomic mass is 10.1. The quantitative estimate of drug-likeness (QED) is 0.781. The first-order valence-corrected chi connectivity index (χ1v) is 6.13. The average Bonchev–Trinajstić information content (AvgIpc) is 2.88. The molecule has 2 N–H and O–H groups in total. The number of aliphatic hydroxyl groups is 1. The molecule has 4 heteroatoms. The smallest absolute Gasteiger partial charge is 0.105 e. The predicted octanol–water partition coefficient (Wildman–Crippen LogP) is 0.942. The molecule has 0 radical (unpaired) electrons. The summed E-state index contributed by atoms with van der Waals surface area (Å²) < 4.78 is 2.15. The van der Waals surface area contributed by atoms with Crippen LogP contribution in [0.4, 0.5) is 0 Å². The van der Waals surface area contributed by atoms with Crippen LogP contribution in [-0.2, 0) is 6.54 Å². The number of nitrogens with one attached hydrogen (secondary N) is 1. The molecule has 1 aromatic heterocycles. The first-order chi connectivity index (χ1) is 7.81. The molecule has 0 bridgehead atoms. The molecule has 2 rings (SSSR count). The molecule has 2 atom stereocenters. The summed E-state index contributed by atoms with van der Waals surface area (Å²) >= 11 is 0. The van der Waals surface area contributed by atoms with Gasteiger partial charge in [-0.3, -0.25) is 0 Å². The van der Waals surface area contributed by atoms with Crippen molar-refractivity contribution < 1.29 is 5.11 Å². The van der Waals surface area contributed by atoms with E-state index < -0.39 is 0 Å². The number of aromatic nitrogens is 2. The van der Waals surface area contributed by atoms with Crippen LogP contribution in [0.1, 0.15) is 25.1 Å². The van der Waals surface area contributed by atoms with Crippen LogP contribution in [-0.4, -0.2) is 33.9 Å². The van der Waals surface area contributed by atoms with Crippen LogP contribution in [0.3, 0.4) is 0 Å². The monoisotopic (exact) mass is 223 g/mol. The lowest BCUT2D eigenvalue weighted by molar-refractivity contribution is 0.205. The molecule has 1 aliphatic carbocycles. The molecule has 0 spiro atoms. The second kappa shape index (κ2) is 5.46. The maximum absolute atomic E-state index is 9.21. The Bertz CT molecular complexity index is 324. The molecule has 4 nitrogen and oxygen atoms in total. The van der Waals surface area contributed by atoms with Crippen LogP contribution in [0.5, 0.6) is 0 Å². The highest BCUT2D eigenvalue weighted by Gasteiger charge is 2.25. The van der Waals surface area contributed by atoms with E-state index in [0.717, 1.165) is 25.3 Å². The lowest BCUT2D eigenvalue weighted by Gasteiger charge is -2.19. The van der Waals surface area contributed by atoms with Crippen LogP contribution >= 0.6 is 0 Å². The number of aliphatic hydroxyl groups excluding tert-OH is 1. The molecule has 2 unspecified atom stereocenters.